The van der Waals surface area contributed by atoms with E-state index >= 15 is 0 Å². The number of piperidine rings is 1. The van der Waals surface area contributed by atoms with Crippen molar-refractivity contribution in [3.05, 3.63) is 35.4 Å². The number of hydrogen-bond donors (Lipinski definition) is 1. The van der Waals surface area contributed by atoms with Crippen molar-refractivity contribution in [3.8, 4) is 0 Å². The molecule has 2 saturated heterocycles. The van der Waals surface area contributed by atoms with Crippen LogP contribution in [0.1, 0.15) is 31.2 Å². The summed E-state index contributed by atoms with van der Waals surface area (Å²) in [5.41, 5.74) is 0.493. The normalized spacial score (nSPS) is 19.2. The van der Waals surface area contributed by atoms with E-state index in [0.29, 0.717) is 44.6 Å². The topological polar surface area (TPSA) is 79.0 Å². The van der Waals surface area contributed by atoms with E-state index in [9.17, 15) is 23.2 Å². The third-order valence-corrected chi connectivity index (χ3v) is 5.30. The Morgan fingerprint density at radius 2 is 2.03 bits per heavy atom. The molecule has 0 saturated carbocycles. The summed E-state index contributed by atoms with van der Waals surface area (Å²) in [7, 11) is 0. The van der Waals surface area contributed by atoms with Crippen LogP contribution in [0.3, 0.4) is 0 Å². The van der Waals surface area contributed by atoms with E-state index in [-0.39, 0.29) is 30.8 Å². The molecular formula is C20H25F2N3O4. The van der Waals surface area contributed by atoms with Gasteiger partial charge in [0.25, 0.3) is 0 Å². The van der Waals surface area contributed by atoms with Crippen LogP contribution in [0.2, 0.25) is 0 Å². The molecule has 3 amide bonds. The number of nitrogens with one attached hydrogen (secondary N) is 1. The predicted molar refractivity (Wildman–Crippen MR) is 99.7 cm³/mol. The van der Waals surface area contributed by atoms with Gasteiger partial charge in [-0.2, -0.15) is 0 Å². The summed E-state index contributed by atoms with van der Waals surface area (Å²) in [6.45, 7) is 2.13. The average molecular weight is 409 g/mol. The lowest BCUT2D eigenvalue weighted by Crippen LogP contribution is -2.45. The highest BCUT2D eigenvalue weighted by Crippen LogP contribution is 2.21. The Balaban J connectivity index is 1.39. The number of carbonyl (C=O) groups excluding carboxylic acids is 3. The molecule has 1 aromatic carbocycles. The molecule has 2 heterocycles. The van der Waals surface area contributed by atoms with Gasteiger partial charge in [-0.25, -0.2) is 13.6 Å². The Hall–Kier alpha value is -2.71. The van der Waals surface area contributed by atoms with Crippen LogP contribution in [0.5, 0.6) is 0 Å². The largest absolute Gasteiger partial charge is 0.448 e. The number of halogens is 2. The van der Waals surface area contributed by atoms with Crippen molar-refractivity contribution in [2.24, 2.45) is 5.92 Å². The molecular weight excluding hydrogens is 384 g/mol. The first-order chi connectivity index (χ1) is 13.9. The van der Waals surface area contributed by atoms with Crippen LogP contribution in [0.15, 0.2) is 18.2 Å². The van der Waals surface area contributed by atoms with Crippen molar-refractivity contribution >= 4 is 17.9 Å². The molecule has 1 atom stereocenters. The second-order valence-electron chi connectivity index (χ2n) is 7.45. The maximum Gasteiger partial charge on any atom is 0.410 e. The molecule has 3 rings (SSSR count). The Bertz CT molecular complexity index is 774. The zero-order valence-corrected chi connectivity index (χ0v) is 16.2. The van der Waals surface area contributed by atoms with E-state index in [1.165, 1.54) is 11.0 Å². The minimum Gasteiger partial charge on any atom is -0.448 e. The number of benzene rings is 1. The Morgan fingerprint density at radius 3 is 2.76 bits per heavy atom. The number of amides is 3. The number of likely N-dealkylation sites (tertiary alicyclic amines) is 1. The van der Waals surface area contributed by atoms with E-state index in [1.807, 2.05) is 0 Å². The van der Waals surface area contributed by atoms with Gasteiger partial charge in [0.2, 0.25) is 11.8 Å². The van der Waals surface area contributed by atoms with Crippen molar-refractivity contribution < 1.29 is 27.9 Å². The van der Waals surface area contributed by atoms with E-state index in [1.54, 1.807) is 4.90 Å². The second-order valence-corrected chi connectivity index (χ2v) is 7.45. The lowest BCUT2D eigenvalue weighted by Gasteiger charge is -2.33. The summed E-state index contributed by atoms with van der Waals surface area (Å²) in [6, 6.07) is 3.53. The minimum absolute atomic E-state index is 0.0280. The van der Waals surface area contributed by atoms with Gasteiger partial charge in [-0.15, -0.1) is 0 Å². The Labute approximate surface area is 168 Å². The van der Waals surface area contributed by atoms with Gasteiger partial charge in [0.15, 0.2) is 11.6 Å². The predicted octanol–water partition coefficient (Wildman–Crippen LogP) is 2.05. The molecule has 1 aromatic rings. The number of cyclic esters (lactones) is 1. The molecule has 1 N–H and O–H groups in total. The Morgan fingerprint density at radius 1 is 1.21 bits per heavy atom. The monoisotopic (exact) mass is 409 g/mol. The second kappa shape index (κ2) is 9.67. The summed E-state index contributed by atoms with van der Waals surface area (Å²) in [5, 5.41) is 2.71. The van der Waals surface area contributed by atoms with E-state index in [4.69, 9.17) is 4.74 Å². The van der Waals surface area contributed by atoms with E-state index in [0.717, 1.165) is 25.0 Å². The maximum atomic E-state index is 13.2. The zero-order valence-electron chi connectivity index (χ0n) is 16.2. The summed E-state index contributed by atoms with van der Waals surface area (Å²) in [4.78, 5) is 39.1. The van der Waals surface area contributed by atoms with Crippen LogP contribution in [-0.4, -0.2) is 60.5 Å². The molecule has 2 aliphatic rings. The Kier molecular flexibility index (Phi) is 7.00. The van der Waals surface area contributed by atoms with Crippen molar-refractivity contribution in [2.45, 2.75) is 32.2 Å². The zero-order chi connectivity index (χ0) is 20.8. The SMILES string of the molecule is O=C(CC[C@H]1CCCN(C(=O)CN2CCOC2=O)C1)NCc1ccc(F)c(F)c1. The van der Waals surface area contributed by atoms with Gasteiger partial charge in [0.05, 0.1) is 6.54 Å². The first-order valence-electron chi connectivity index (χ1n) is 9.82. The fraction of sp³-hybridized carbons (Fsp3) is 0.550. The number of ether oxygens (including phenoxy) is 1. The van der Waals surface area contributed by atoms with E-state index in [2.05, 4.69) is 5.32 Å². The van der Waals surface area contributed by atoms with Crippen LogP contribution in [0.4, 0.5) is 13.6 Å². The highest BCUT2D eigenvalue weighted by atomic mass is 19.2. The van der Waals surface area contributed by atoms with Crippen molar-refractivity contribution in [3.63, 3.8) is 0 Å². The molecule has 9 heteroatoms. The lowest BCUT2D eigenvalue weighted by atomic mass is 9.93. The molecule has 158 valence electrons. The quantitative estimate of drug-likeness (QED) is 0.748. The van der Waals surface area contributed by atoms with Gasteiger partial charge in [-0.1, -0.05) is 6.07 Å². The molecule has 2 fully saturated rings. The average Bonchev–Trinajstić information content (AvgIpc) is 3.12. The molecule has 0 spiro atoms. The molecule has 0 aliphatic carbocycles. The summed E-state index contributed by atoms with van der Waals surface area (Å²) < 4.78 is 31.0. The summed E-state index contributed by atoms with van der Waals surface area (Å²) >= 11 is 0. The first kappa shape index (κ1) is 21.0. The minimum atomic E-state index is -0.939. The highest BCUT2D eigenvalue weighted by molar-refractivity contribution is 5.83. The maximum absolute atomic E-state index is 13.2. The van der Waals surface area contributed by atoms with Crippen LogP contribution < -0.4 is 5.32 Å². The van der Waals surface area contributed by atoms with Crippen molar-refractivity contribution in [1.29, 1.82) is 0 Å². The molecule has 0 radical (unpaired) electrons. The van der Waals surface area contributed by atoms with Crippen molar-refractivity contribution in [2.75, 3.05) is 32.8 Å². The molecule has 0 aromatic heterocycles. The van der Waals surface area contributed by atoms with Crippen LogP contribution in [0.25, 0.3) is 0 Å². The summed E-state index contributed by atoms with van der Waals surface area (Å²) in [5.74, 6) is -1.91. The van der Waals surface area contributed by atoms with Crippen molar-refractivity contribution in [1.82, 2.24) is 15.1 Å². The third-order valence-electron chi connectivity index (χ3n) is 5.30. The van der Waals surface area contributed by atoms with Crippen LogP contribution in [0, 0.1) is 17.6 Å². The molecule has 7 nitrogen and oxygen atoms in total. The standard InChI is InChI=1S/C20H25F2N3O4/c21-16-5-3-15(10-17(16)22)11-23-18(26)6-4-14-2-1-7-24(12-14)19(27)13-25-8-9-29-20(25)28/h3,5,10,14H,1-2,4,6-9,11-13H2,(H,23,26)/t14-/m1/s1. The van der Waals surface area contributed by atoms with E-state index < -0.39 is 17.7 Å². The molecule has 0 bridgehead atoms. The highest BCUT2D eigenvalue weighted by Gasteiger charge is 2.29. The van der Waals surface area contributed by atoms with Gasteiger partial charge < -0.3 is 15.0 Å². The van der Waals surface area contributed by atoms with Crippen LogP contribution >= 0.6 is 0 Å². The molecule has 2 aliphatic heterocycles. The number of rotatable bonds is 7. The van der Waals surface area contributed by atoms with Gasteiger partial charge >= 0.3 is 6.09 Å². The number of hydrogen-bond acceptors (Lipinski definition) is 4. The summed E-state index contributed by atoms with van der Waals surface area (Å²) in [6.07, 6.45) is 2.28. The van der Waals surface area contributed by atoms with Gasteiger partial charge in [0, 0.05) is 26.1 Å². The lowest BCUT2D eigenvalue weighted by molar-refractivity contribution is -0.133. The van der Waals surface area contributed by atoms with Gasteiger partial charge in [0.1, 0.15) is 13.2 Å². The van der Waals surface area contributed by atoms with Gasteiger partial charge in [-0.05, 0) is 42.9 Å². The molecule has 0 unspecified atom stereocenters. The third kappa shape index (κ3) is 5.88. The number of nitrogens with zero attached hydrogens (tertiary/aromatic N) is 2. The first-order valence-corrected chi connectivity index (χ1v) is 9.82. The smallest absolute Gasteiger partial charge is 0.410 e. The fourth-order valence-electron chi connectivity index (χ4n) is 3.63. The van der Waals surface area contributed by atoms with Gasteiger partial charge in [-0.3, -0.25) is 14.5 Å². The van der Waals surface area contributed by atoms with Crippen LogP contribution in [-0.2, 0) is 20.9 Å². The number of carbonyl (C=O) groups is 3. The molecule has 29 heavy (non-hydrogen) atoms. The fourth-order valence-corrected chi connectivity index (χ4v) is 3.63.